The molecule has 0 amide bonds. The van der Waals surface area contributed by atoms with Crippen LogP contribution in [-0.4, -0.2) is 33.4 Å². The lowest BCUT2D eigenvalue weighted by molar-refractivity contribution is 0.139. The number of anilines is 1. The average molecular weight is 311 g/mol. The van der Waals surface area contributed by atoms with E-state index in [1.165, 1.54) is 24.1 Å². The predicted molar refractivity (Wildman–Crippen MR) is 90.3 cm³/mol. The van der Waals surface area contributed by atoms with Crippen LogP contribution in [0.4, 0.5) is 5.69 Å². The Morgan fingerprint density at radius 2 is 2.10 bits per heavy atom. The van der Waals surface area contributed by atoms with Crippen molar-refractivity contribution < 1.29 is 4.74 Å². The molecule has 0 spiro atoms. The minimum atomic E-state index is 0.701. The Kier molecular flexibility index (Phi) is 6.81. The molecule has 1 fully saturated rings. The first-order chi connectivity index (χ1) is 10.3. The summed E-state index contributed by atoms with van der Waals surface area (Å²) in [6, 6.07) is 6.25. The number of rotatable bonds is 7. The Labute approximate surface area is 133 Å². The van der Waals surface area contributed by atoms with Gasteiger partial charge < -0.3 is 15.0 Å². The van der Waals surface area contributed by atoms with E-state index in [0.29, 0.717) is 5.92 Å². The molecule has 0 aliphatic carbocycles. The second kappa shape index (κ2) is 8.62. The lowest BCUT2D eigenvalue weighted by atomic mass is 9.96. The summed E-state index contributed by atoms with van der Waals surface area (Å²) in [5, 5.41) is 4.34. The van der Waals surface area contributed by atoms with Crippen molar-refractivity contribution in [2.45, 2.75) is 32.7 Å². The third kappa shape index (κ3) is 4.60. The number of nitrogens with zero attached hydrogens (tertiary/aromatic N) is 1. The zero-order valence-corrected chi connectivity index (χ0v) is 14.0. The van der Waals surface area contributed by atoms with Crippen molar-refractivity contribution in [3.8, 4) is 0 Å². The number of nitrogens with one attached hydrogen (secondary N) is 1. The van der Waals surface area contributed by atoms with Gasteiger partial charge in [-0.3, -0.25) is 0 Å². The average Bonchev–Trinajstić information content (AvgIpc) is 2.50. The van der Waals surface area contributed by atoms with Crippen molar-refractivity contribution in [3.05, 3.63) is 28.8 Å². The largest absolute Gasteiger partial charge is 0.384 e. The van der Waals surface area contributed by atoms with Gasteiger partial charge in [0.15, 0.2) is 0 Å². The van der Waals surface area contributed by atoms with E-state index in [-0.39, 0.29) is 0 Å². The van der Waals surface area contributed by atoms with Gasteiger partial charge in [-0.05, 0) is 43.9 Å². The highest BCUT2D eigenvalue weighted by Gasteiger charge is 2.21. The maximum absolute atomic E-state index is 6.42. The highest BCUT2D eigenvalue weighted by molar-refractivity contribution is 6.31. The molecule has 0 radical (unpaired) electrons. The van der Waals surface area contributed by atoms with Crippen LogP contribution in [0.2, 0.25) is 5.02 Å². The van der Waals surface area contributed by atoms with Crippen molar-refractivity contribution in [1.29, 1.82) is 0 Å². The van der Waals surface area contributed by atoms with Crippen LogP contribution in [0.15, 0.2) is 18.2 Å². The van der Waals surface area contributed by atoms with Crippen molar-refractivity contribution in [1.82, 2.24) is 5.32 Å². The van der Waals surface area contributed by atoms with Crippen LogP contribution in [0, 0.1) is 5.92 Å². The van der Waals surface area contributed by atoms with Crippen LogP contribution < -0.4 is 10.2 Å². The first kappa shape index (κ1) is 16.6. The van der Waals surface area contributed by atoms with Crippen molar-refractivity contribution >= 4 is 17.3 Å². The van der Waals surface area contributed by atoms with Crippen LogP contribution in [0.3, 0.4) is 0 Å². The second-order valence-electron chi connectivity index (χ2n) is 5.80. The minimum absolute atomic E-state index is 0.701. The molecule has 21 heavy (non-hydrogen) atoms. The van der Waals surface area contributed by atoms with E-state index in [1.54, 1.807) is 7.11 Å². The van der Waals surface area contributed by atoms with E-state index in [4.69, 9.17) is 16.3 Å². The monoisotopic (exact) mass is 310 g/mol. The van der Waals surface area contributed by atoms with Crippen molar-refractivity contribution in [2.24, 2.45) is 5.92 Å². The standard InChI is InChI=1S/C17H27ClN2O/c1-3-9-19-12-15-16(18)5-4-6-17(15)20-10-7-14(8-11-20)13-21-2/h4-6,14,19H,3,7-13H2,1-2H3. The smallest absolute Gasteiger partial charge is 0.0491 e. The number of hydrogen-bond donors (Lipinski definition) is 1. The summed E-state index contributed by atoms with van der Waals surface area (Å²) in [7, 11) is 1.79. The second-order valence-corrected chi connectivity index (χ2v) is 6.21. The van der Waals surface area contributed by atoms with E-state index in [0.717, 1.165) is 44.2 Å². The Hall–Kier alpha value is -0.770. The normalized spacial score (nSPS) is 16.4. The molecule has 1 aliphatic heterocycles. The first-order valence-electron chi connectivity index (χ1n) is 7.98. The van der Waals surface area contributed by atoms with Gasteiger partial charge in [-0.1, -0.05) is 24.6 Å². The maximum atomic E-state index is 6.42. The van der Waals surface area contributed by atoms with Crippen molar-refractivity contribution in [2.75, 3.05) is 38.3 Å². The van der Waals surface area contributed by atoms with E-state index in [9.17, 15) is 0 Å². The maximum Gasteiger partial charge on any atom is 0.0491 e. The molecule has 3 nitrogen and oxygen atoms in total. The summed E-state index contributed by atoms with van der Waals surface area (Å²) in [4.78, 5) is 2.47. The molecular formula is C17H27ClN2O. The minimum Gasteiger partial charge on any atom is -0.384 e. The highest BCUT2D eigenvalue weighted by atomic mass is 35.5. The molecule has 1 N–H and O–H groups in total. The van der Waals surface area contributed by atoms with Gasteiger partial charge in [0.2, 0.25) is 0 Å². The number of halogens is 1. The highest BCUT2D eigenvalue weighted by Crippen LogP contribution is 2.30. The van der Waals surface area contributed by atoms with Gasteiger partial charge in [0.25, 0.3) is 0 Å². The van der Waals surface area contributed by atoms with Gasteiger partial charge in [-0.15, -0.1) is 0 Å². The summed E-state index contributed by atoms with van der Waals surface area (Å²) in [5.74, 6) is 0.701. The Bertz CT molecular complexity index is 431. The lowest BCUT2D eigenvalue weighted by Crippen LogP contribution is -2.36. The summed E-state index contributed by atoms with van der Waals surface area (Å²) in [6.45, 7) is 7.13. The fraction of sp³-hybridized carbons (Fsp3) is 0.647. The van der Waals surface area contributed by atoms with Crippen LogP contribution in [-0.2, 0) is 11.3 Å². The first-order valence-corrected chi connectivity index (χ1v) is 8.36. The van der Waals surface area contributed by atoms with Crippen LogP contribution in [0.1, 0.15) is 31.7 Å². The molecule has 1 saturated heterocycles. The number of ether oxygens (including phenoxy) is 1. The fourth-order valence-electron chi connectivity index (χ4n) is 2.98. The Morgan fingerprint density at radius 1 is 1.33 bits per heavy atom. The molecule has 0 aromatic heterocycles. The summed E-state index contributed by atoms with van der Waals surface area (Å²) in [6.07, 6.45) is 3.53. The molecule has 1 aromatic carbocycles. The molecule has 0 unspecified atom stereocenters. The Morgan fingerprint density at radius 3 is 2.76 bits per heavy atom. The molecule has 0 atom stereocenters. The van der Waals surface area contributed by atoms with E-state index in [2.05, 4.69) is 29.3 Å². The number of methoxy groups -OCH3 is 1. The Balaban J connectivity index is 2.04. The van der Waals surface area contributed by atoms with Gasteiger partial charge >= 0.3 is 0 Å². The third-order valence-electron chi connectivity index (χ3n) is 4.18. The van der Waals surface area contributed by atoms with Gasteiger partial charge in [0, 0.05) is 49.6 Å². The number of benzene rings is 1. The fourth-order valence-corrected chi connectivity index (χ4v) is 3.22. The predicted octanol–water partition coefficient (Wildman–Crippen LogP) is 3.70. The molecule has 0 saturated carbocycles. The zero-order valence-electron chi connectivity index (χ0n) is 13.2. The number of piperidine rings is 1. The van der Waals surface area contributed by atoms with Gasteiger partial charge in [-0.2, -0.15) is 0 Å². The summed E-state index contributed by atoms with van der Waals surface area (Å²) >= 11 is 6.42. The van der Waals surface area contributed by atoms with Crippen LogP contribution in [0.25, 0.3) is 0 Å². The van der Waals surface area contributed by atoms with Gasteiger partial charge in [0.1, 0.15) is 0 Å². The molecular weight excluding hydrogens is 284 g/mol. The van der Waals surface area contributed by atoms with Gasteiger partial charge in [0.05, 0.1) is 0 Å². The summed E-state index contributed by atoms with van der Waals surface area (Å²) in [5.41, 5.74) is 2.53. The SMILES string of the molecule is CCCNCc1c(Cl)cccc1N1CCC(COC)CC1. The quantitative estimate of drug-likeness (QED) is 0.777. The summed E-state index contributed by atoms with van der Waals surface area (Å²) < 4.78 is 5.28. The van der Waals surface area contributed by atoms with E-state index >= 15 is 0 Å². The van der Waals surface area contributed by atoms with Crippen molar-refractivity contribution in [3.63, 3.8) is 0 Å². The molecule has 1 aliphatic rings. The third-order valence-corrected chi connectivity index (χ3v) is 4.53. The lowest BCUT2D eigenvalue weighted by Gasteiger charge is -2.34. The van der Waals surface area contributed by atoms with E-state index in [1.807, 2.05) is 6.07 Å². The zero-order chi connectivity index (χ0) is 15.1. The molecule has 2 rings (SSSR count). The molecule has 4 heteroatoms. The van der Waals surface area contributed by atoms with Crippen LogP contribution >= 0.6 is 11.6 Å². The molecule has 118 valence electrons. The van der Waals surface area contributed by atoms with Gasteiger partial charge in [-0.25, -0.2) is 0 Å². The van der Waals surface area contributed by atoms with E-state index < -0.39 is 0 Å². The molecule has 0 bridgehead atoms. The topological polar surface area (TPSA) is 24.5 Å². The number of hydrogen-bond acceptors (Lipinski definition) is 3. The molecule has 1 aromatic rings. The molecule has 1 heterocycles. The van der Waals surface area contributed by atoms with Crippen LogP contribution in [0.5, 0.6) is 0 Å².